The fraction of sp³-hybridized carbons (Fsp3) is 0.174. The van der Waals surface area contributed by atoms with E-state index in [0.29, 0.717) is 5.69 Å². The lowest BCUT2D eigenvalue weighted by atomic mass is 10.1. The van der Waals surface area contributed by atoms with Gasteiger partial charge in [0, 0.05) is 31.7 Å². The number of amides is 1. The zero-order valence-electron chi connectivity index (χ0n) is 17.8. The Morgan fingerprint density at radius 1 is 1.16 bits per heavy atom. The van der Waals surface area contributed by atoms with Crippen molar-refractivity contribution in [3.05, 3.63) is 77.2 Å². The van der Waals surface area contributed by atoms with E-state index in [9.17, 15) is 13.2 Å². The van der Waals surface area contributed by atoms with Crippen LogP contribution in [0.4, 0.5) is 0 Å². The Hall–Kier alpha value is -3.90. The molecule has 0 spiro atoms. The number of nitrogens with one attached hydrogen (secondary N) is 1. The third-order valence-electron chi connectivity index (χ3n) is 5.57. The van der Waals surface area contributed by atoms with Crippen LogP contribution in [0.1, 0.15) is 27.3 Å². The first-order valence-electron chi connectivity index (χ1n) is 9.83. The predicted molar refractivity (Wildman–Crippen MR) is 119 cm³/mol. The number of benzene rings is 2. The number of carbonyl (C=O) groups excluding carboxylic acids is 1. The van der Waals surface area contributed by atoms with Crippen LogP contribution in [0.5, 0.6) is 0 Å². The van der Waals surface area contributed by atoms with Gasteiger partial charge in [0.25, 0.3) is 5.91 Å². The maximum atomic E-state index is 13.2. The number of aryl methyl sites for hydroxylation is 1. The molecule has 0 aliphatic rings. The fourth-order valence-corrected chi connectivity index (χ4v) is 5.33. The smallest absolute Gasteiger partial charge is 0.268 e. The van der Waals surface area contributed by atoms with Crippen molar-refractivity contribution in [2.75, 3.05) is 0 Å². The summed E-state index contributed by atoms with van der Waals surface area (Å²) in [6.07, 6.45) is 1.76. The van der Waals surface area contributed by atoms with Crippen LogP contribution in [0.15, 0.2) is 64.5 Å². The summed E-state index contributed by atoms with van der Waals surface area (Å²) < 4.78 is 29.7. The van der Waals surface area contributed by atoms with Gasteiger partial charge in [-0.15, -0.1) is 0 Å². The van der Waals surface area contributed by atoms with Crippen LogP contribution >= 0.6 is 0 Å². The van der Waals surface area contributed by atoms with E-state index in [1.807, 2.05) is 31.3 Å². The molecule has 1 amide bonds. The van der Waals surface area contributed by atoms with Gasteiger partial charge in [0.05, 0.1) is 33.1 Å². The standard InChI is InChI=1S/C23H21N5O3S/c1-15-21(32(30,31)19-9-4-6-16(10-19)12-24)11-20(27(15)2)23(29)25-13-17-7-5-8-18-14-26-28(3)22(17)18/h4-11,14H,13H2,1-3H3,(H,25,29). The Morgan fingerprint density at radius 3 is 2.66 bits per heavy atom. The lowest BCUT2D eigenvalue weighted by Gasteiger charge is -2.09. The van der Waals surface area contributed by atoms with E-state index in [0.717, 1.165) is 16.5 Å². The number of para-hydroxylation sites is 1. The van der Waals surface area contributed by atoms with Crippen molar-refractivity contribution in [1.29, 1.82) is 5.26 Å². The Bertz CT molecular complexity index is 1510. The summed E-state index contributed by atoms with van der Waals surface area (Å²) in [5.41, 5.74) is 2.75. The highest BCUT2D eigenvalue weighted by Crippen LogP contribution is 2.27. The first kappa shape index (κ1) is 21.3. The normalized spacial score (nSPS) is 11.4. The average molecular weight is 448 g/mol. The molecule has 4 rings (SSSR count). The SMILES string of the molecule is Cc1c(S(=O)(=O)c2cccc(C#N)c2)cc(C(=O)NCc2cccc3cnn(C)c23)n1C. The van der Waals surface area contributed by atoms with Crippen molar-refractivity contribution in [3.8, 4) is 6.07 Å². The molecule has 2 aromatic heterocycles. The molecule has 2 heterocycles. The van der Waals surface area contributed by atoms with Gasteiger partial charge < -0.3 is 9.88 Å². The number of nitrogens with zero attached hydrogens (tertiary/aromatic N) is 4. The Kier molecular flexibility index (Phi) is 5.32. The molecule has 0 radical (unpaired) electrons. The lowest BCUT2D eigenvalue weighted by Crippen LogP contribution is -2.25. The summed E-state index contributed by atoms with van der Waals surface area (Å²) in [5.74, 6) is -0.387. The Labute approximate surface area is 185 Å². The van der Waals surface area contributed by atoms with Crippen molar-refractivity contribution in [2.45, 2.75) is 23.3 Å². The first-order valence-corrected chi connectivity index (χ1v) is 11.3. The Morgan fingerprint density at radius 2 is 1.91 bits per heavy atom. The van der Waals surface area contributed by atoms with Gasteiger partial charge in [-0.2, -0.15) is 10.4 Å². The highest BCUT2D eigenvalue weighted by molar-refractivity contribution is 7.91. The number of fused-ring (bicyclic) bond motifs is 1. The molecular weight excluding hydrogens is 426 g/mol. The van der Waals surface area contributed by atoms with Gasteiger partial charge in [0.1, 0.15) is 5.69 Å². The quantitative estimate of drug-likeness (QED) is 0.506. The van der Waals surface area contributed by atoms with Crippen molar-refractivity contribution in [2.24, 2.45) is 14.1 Å². The van der Waals surface area contributed by atoms with E-state index in [4.69, 9.17) is 5.26 Å². The van der Waals surface area contributed by atoms with Crippen LogP contribution in [0.25, 0.3) is 10.9 Å². The third kappa shape index (κ3) is 3.55. The number of rotatable bonds is 5. The van der Waals surface area contributed by atoms with Crippen molar-refractivity contribution >= 4 is 26.6 Å². The zero-order valence-corrected chi connectivity index (χ0v) is 18.6. The van der Waals surface area contributed by atoms with Crippen molar-refractivity contribution < 1.29 is 13.2 Å². The second-order valence-corrected chi connectivity index (χ2v) is 9.41. The van der Waals surface area contributed by atoms with Crippen LogP contribution in [0, 0.1) is 18.3 Å². The van der Waals surface area contributed by atoms with E-state index < -0.39 is 9.84 Å². The van der Waals surface area contributed by atoms with Gasteiger partial charge >= 0.3 is 0 Å². The molecular formula is C23H21N5O3S. The number of carbonyl (C=O) groups is 1. The number of aromatic nitrogens is 3. The minimum absolute atomic E-state index is 0.0140. The minimum Gasteiger partial charge on any atom is -0.347 e. The number of hydrogen-bond acceptors (Lipinski definition) is 5. The Balaban J connectivity index is 1.64. The number of sulfone groups is 1. The molecule has 9 heteroatoms. The number of hydrogen-bond donors (Lipinski definition) is 1. The molecule has 0 bridgehead atoms. The van der Waals surface area contributed by atoms with Crippen LogP contribution in [-0.2, 0) is 30.5 Å². The molecule has 0 fully saturated rings. The molecule has 4 aromatic rings. The first-order chi connectivity index (χ1) is 15.2. The van der Waals surface area contributed by atoms with Gasteiger partial charge in [-0.1, -0.05) is 24.3 Å². The van der Waals surface area contributed by atoms with E-state index in [1.54, 1.807) is 35.5 Å². The van der Waals surface area contributed by atoms with E-state index in [2.05, 4.69) is 10.4 Å². The molecule has 32 heavy (non-hydrogen) atoms. The monoisotopic (exact) mass is 447 g/mol. The predicted octanol–water partition coefficient (Wildman–Crippen LogP) is 2.85. The fourth-order valence-electron chi connectivity index (χ4n) is 3.75. The molecule has 8 nitrogen and oxygen atoms in total. The van der Waals surface area contributed by atoms with Crippen LogP contribution in [0.2, 0.25) is 0 Å². The van der Waals surface area contributed by atoms with Gasteiger partial charge in [-0.05, 0) is 36.8 Å². The van der Waals surface area contributed by atoms with Crippen LogP contribution < -0.4 is 5.32 Å². The highest BCUT2D eigenvalue weighted by Gasteiger charge is 2.26. The van der Waals surface area contributed by atoms with E-state index in [-0.39, 0.29) is 33.5 Å². The molecule has 0 saturated carbocycles. The second-order valence-electron chi connectivity index (χ2n) is 7.49. The molecule has 0 unspecified atom stereocenters. The molecule has 1 N–H and O–H groups in total. The number of nitriles is 1. The summed E-state index contributed by atoms with van der Waals surface area (Å²) in [6.45, 7) is 1.92. The minimum atomic E-state index is -3.89. The molecule has 2 aromatic carbocycles. The van der Waals surface area contributed by atoms with Crippen molar-refractivity contribution in [1.82, 2.24) is 19.7 Å². The van der Waals surface area contributed by atoms with Gasteiger partial charge in [0.2, 0.25) is 9.84 Å². The maximum absolute atomic E-state index is 13.2. The van der Waals surface area contributed by atoms with Crippen LogP contribution in [-0.4, -0.2) is 28.7 Å². The zero-order chi connectivity index (χ0) is 23.0. The summed E-state index contributed by atoms with van der Waals surface area (Å²) in [7, 11) is -0.405. The van der Waals surface area contributed by atoms with Gasteiger partial charge in [-0.3, -0.25) is 9.48 Å². The molecule has 0 saturated heterocycles. The highest BCUT2D eigenvalue weighted by atomic mass is 32.2. The van der Waals surface area contributed by atoms with E-state index >= 15 is 0 Å². The third-order valence-corrected chi connectivity index (χ3v) is 7.44. The average Bonchev–Trinajstić information content (AvgIpc) is 3.32. The van der Waals surface area contributed by atoms with Crippen molar-refractivity contribution in [3.63, 3.8) is 0 Å². The molecule has 162 valence electrons. The summed E-state index contributed by atoms with van der Waals surface area (Å²) in [5, 5.41) is 17.2. The summed E-state index contributed by atoms with van der Waals surface area (Å²) in [4.78, 5) is 13.0. The second kappa shape index (κ2) is 7.98. The largest absolute Gasteiger partial charge is 0.347 e. The summed E-state index contributed by atoms with van der Waals surface area (Å²) in [6, 6.07) is 14.9. The lowest BCUT2D eigenvalue weighted by molar-refractivity contribution is 0.0942. The van der Waals surface area contributed by atoms with Gasteiger partial charge in [-0.25, -0.2) is 8.42 Å². The summed E-state index contributed by atoms with van der Waals surface area (Å²) >= 11 is 0. The van der Waals surface area contributed by atoms with Crippen LogP contribution in [0.3, 0.4) is 0 Å². The van der Waals surface area contributed by atoms with Gasteiger partial charge in [0.15, 0.2) is 0 Å². The van der Waals surface area contributed by atoms with E-state index in [1.165, 1.54) is 24.3 Å². The molecule has 0 aliphatic carbocycles. The molecule has 0 aliphatic heterocycles. The topological polar surface area (TPSA) is 110 Å². The maximum Gasteiger partial charge on any atom is 0.268 e. The molecule has 0 atom stereocenters.